The fourth-order valence-corrected chi connectivity index (χ4v) is 0. The van der Waals surface area contributed by atoms with Crippen LogP contribution in [0.25, 0.3) is 0 Å². The molecule has 0 fully saturated rings. The summed E-state index contributed by atoms with van der Waals surface area (Å²) in [4.78, 5) is 0. The van der Waals surface area contributed by atoms with Gasteiger partial charge in [0.25, 0.3) is 0 Å². The van der Waals surface area contributed by atoms with E-state index in [1.54, 1.807) is 0 Å². The van der Waals surface area contributed by atoms with Crippen molar-refractivity contribution in [2.45, 2.75) is 0 Å². The molecule has 0 aromatic carbocycles. The molecule has 0 atom stereocenters. The normalized spacial score (nSPS) is 1.50. The summed E-state index contributed by atoms with van der Waals surface area (Å²) in [5, 5.41) is 12.0. The van der Waals surface area contributed by atoms with E-state index in [-0.39, 0.29) is 20.2 Å². The average Bonchev–Trinajstić information content (AvgIpc) is 1.00. The van der Waals surface area contributed by atoms with Crippen molar-refractivity contribution in [2.24, 2.45) is 0 Å². The molecule has 0 unspecified atom stereocenters. The molecule has 4 heavy (non-hydrogen) atoms. The van der Waals surface area contributed by atoms with Crippen LogP contribution in [0.3, 0.4) is 0 Å². The quantitative estimate of drug-likeness (QED) is 0.195. The van der Waals surface area contributed by atoms with Gasteiger partial charge in [0, 0.05) is 0 Å². The van der Waals surface area contributed by atoms with Gasteiger partial charge in [-0.05, 0) is 0 Å². The predicted octanol–water partition coefficient (Wildman–Crippen LogP) is -1.82. The van der Waals surface area contributed by atoms with Crippen LogP contribution >= 0.6 is 0 Å². The molecule has 0 rings (SSSR count). The molecule has 0 aliphatic heterocycles. The molecule has 0 aromatic heterocycles. The van der Waals surface area contributed by atoms with Gasteiger partial charge in [-0.1, -0.05) is 0 Å². The average molecular weight is 56.1 g/mol. The second kappa shape index (κ2) is 250. The molecular formula is H6Be2O2. The third-order valence-electron chi connectivity index (χ3n) is 0. The van der Waals surface area contributed by atoms with E-state index in [1.165, 1.54) is 0 Å². The van der Waals surface area contributed by atoms with Gasteiger partial charge < -0.3 is 0 Å². The zero-order valence-electron chi connectivity index (χ0n) is 0.894. The van der Waals surface area contributed by atoms with E-state index in [0.717, 1.165) is 0 Å². The first-order valence-corrected chi connectivity index (χ1v) is 0.200. The molecule has 22 valence electrons. The van der Waals surface area contributed by atoms with Gasteiger partial charge in [-0.15, -0.1) is 0 Å². The summed E-state index contributed by atoms with van der Waals surface area (Å²) in [7, 11) is 0. The van der Waals surface area contributed by atoms with Crippen LogP contribution in [0.15, 0.2) is 0 Å². The van der Waals surface area contributed by atoms with E-state index in [2.05, 4.69) is 0 Å². The first-order chi connectivity index (χ1) is 1.00. The Morgan fingerprint density at radius 1 is 0.750 bits per heavy atom. The van der Waals surface area contributed by atoms with E-state index in [9.17, 15) is 0 Å². The van der Waals surface area contributed by atoms with Gasteiger partial charge >= 0.3 is 20.2 Å². The third-order valence-corrected chi connectivity index (χ3v) is 0. The van der Waals surface area contributed by atoms with Crippen LogP contribution in [-0.2, 0) is 0 Å². The Hall–Kier alpha value is 0.258. The molecule has 0 radical (unpaired) electrons. The van der Waals surface area contributed by atoms with Crippen molar-refractivity contribution in [1.29, 1.82) is 0 Å². The second-order valence-electron chi connectivity index (χ2n) is 0. The molecule has 2 nitrogen and oxygen atoms in total. The third kappa shape index (κ3) is 53.8. The standard InChI is InChI=1S/2Be.H2O2.4H/c;;1-2;;;;/h;;1-2H;;;;. The van der Waals surface area contributed by atoms with Gasteiger partial charge in [0.05, 0.1) is 0 Å². The Labute approximate surface area is 31.8 Å². The van der Waals surface area contributed by atoms with E-state index in [0.29, 0.717) is 0 Å². The van der Waals surface area contributed by atoms with Crippen LogP contribution < -0.4 is 0 Å². The van der Waals surface area contributed by atoms with E-state index in [1.807, 2.05) is 0 Å². The molecule has 0 aliphatic rings. The van der Waals surface area contributed by atoms with Crippen LogP contribution in [0.4, 0.5) is 0 Å². The summed E-state index contributed by atoms with van der Waals surface area (Å²) in [6.45, 7) is 0. The maximum absolute atomic E-state index is 6.00. The first kappa shape index (κ1) is 28.6. The van der Waals surface area contributed by atoms with Crippen LogP contribution in [-0.4, -0.2) is 30.8 Å². The monoisotopic (exact) mass is 56.1 g/mol. The van der Waals surface area contributed by atoms with Gasteiger partial charge in [0.15, 0.2) is 0 Å². The van der Waals surface area contributed by atoms with Crippen molar-refractivity contribution in [1.82, 2.24) is 0 Å². The van der Waals surface area contributed by atoms with Crippen molar-refractivity contribution in [2.75, 3.05) is 0 Å². The van der Waals surface area contributed by atoms with Crippen molar-refractivity contribution in [3.05, 3.63) is 0 Å². The van der Waals surface area contributed by atoms with Gasteiger partial charge in [0.2, 0.25) is 0 Å². The Bertz CT molecular complexity index is 4.00. The zero-order chi connectivity index (χ0) is 2.00. The van der Waals surface area contributed by atoms with Crippen LogP contribution in [0.2, 0.25) is 0 Å². The molecular weight excluding hydrogens is 50.0 g/mol. The van der Waals surface area contributed by atoms with Crippen LogP contribution in [0.1, 0.15) is 0 Å². The molecule has 0 saturated heterocycles. The zero-order valence-corrected chi connectivity index (χ0v) is 0.894. The van der Waals surface area contributed by atoms with Crippen molar-refractivity contribution in [3.8, 4) is 0 Å². The fraction of sp³-hybridized carbons (Fsp3) is 0. The Balaban J connectivity index is -0.00000000500. The molecule has 0 heterocycles. The van der Waals surface area contributed by atoms with Gasteiger partial charge in [-0.2, -0.15) is 0 Å². The second-order valence-corrected chi connectivity index (χ2v) is 0. The summed E-state index contributed by atoms with van der Waals surface area (Å²) in [6, 6.07) is 0. The molecule has 0 aromatic rings. The number of hydrogen-bond donors (Lipinski definition) is 2. The Morgan fingerprint density at radius 2 is 0.750 bits per heavy atom. The topological polar surface area (TPSA) is 40.5 Å². The molecule has 0 saturated carbocycles. The predicted molar refractivity (Wildman–Crippen MR) is 22.3 cm³/mol. The van der Waals surface area contributed by atoms with Gasteiger partial charge in [-0.3, -0.25) is 10.5 Å². The SMILES string of the molecule is OO.[BeH2].[BeH2]. The van der Waals surface area contributed by atoms with Crippen LogP contribution in [0, 0.1) is 0 Å². The minimum atomic E-state index is 0. The van der Waals surface area contributed by atoms with Crippen molar-refractivity contribution >= 4 is 20.2 Å². The van der Waals surface area contributed by atoms with E-state index in [4.69, 9.17) is 10.5 Å². The maximum atomic E-state index is 6.00. The number of rotatable bonds is 0. The van der Waals surface area contributed by atoms with Crippen molar-refractivity contribution in [3.63, 3.8) is 0 Å². The summed E-state index contributed by atoms with van der Waals surface area (Å²) in [6.07, 6.45) is 0. The summed E-state index contributed by atoms with van der Waals surface area (Å²) in [5.74, 6) is 0. The molecule has 0 amide bonds. The van der Waals surface area contributed by atoms with Crippen LogP contribution in [0.5, 0.6) is 0 Å². The van der Waals surface area contributed by atoms with Crippen molar-refractivity contribution < 1.29 is 10.5 Å². The first-order valence-electron chi connectivity index (χ1n) is 0.200. The van der Waals surface area contributed by atoms with E-state index < -0.39 is 0 Å². The molecule has 4 heteroatoms. The summed E-state index contributed by atoms with van der Waals surface area (Å²) in [5.41, 5.74) is 0. The van der Waals surface area contributed by atoms with Gasteiger partial charge in [-0.25, -0.2) is 0 Å². The van der Waals surface area contributed by atoms with E-state index >= 15 is 0 Å². The molecule has 0 bridgehead atoms. The number of hydrogen-bond acceptors (Lipinski definition) is 2. The Kier molecular flexibility index (Phi) is 1790. The summed E-state index contributed by atoms with van der Waals surface area (Å²) >= 11 is 0. The molecule has 0 spiro atoms. The molecule has 2 N–H and O–H groups in total. The molecule has 0 aliphatic carbocycles. The fourth-order valence-electron chi connectivity index (χ4n) is 0. The minimum absolute atomic E-state index is 0. The van der Waals surface area contributed by atoms with Gasteiger partial charge in [0.1, 0.15) is 0 Å². The Morgan fingerprint density at radius 3 is 0.750 bits per heavy atom. The summed E-state index contributed by atoms with van der Waals surface area (Å²) < 4.78 is 0.